The third-order valence-corrected chi connectivity index (χ3v) is 8.96. The number of hydrogen-bond donors (Lipinski definition) is 1. The van der Waals surface area contributed by atoms with Gasteiger partial charge in [-0.15, -0.1) is 0 Å². The minimum Gasteiger partial charge on any atom is -0.368 e. The lowest BCUT2D eigenvalue weighted by Gasteiger charge is -2.36. The molecule has 1 aliphatic carbocycles. The molecular weight excluding hydrogens is 468 g/mol. The van der Waals surface area contributed by atoms with Crippen LogP contribution in [0.4, 0.5) is 11.4 Å². The fourth-order valence-corrected chi connectivity index (χ4v) is 7.13. The average molecular weight is 497 g/mol. The second kappa shape index (κ2) is 9.46. The number of piperazine rings is 1. The first kappa shape index (κ1) is 23.0. The summed E-state index contributed by atoms with van der Waals surface area (Å²) in [5.74, 6) is 1.03. The Morgan fingerprint density at radius 1 is 1.06 bits per heavy atom. The zero-order valence-corrected chi connectivity index (χ0v) is 20.7. The molecule has 2 heterocycles. The molecule has 9 heteroatoms. The Balaban J connectivity index is 1.22. The molecule has 34 heavy (non-hydrogen) atoms. The van der Waals surface area contributed by atoms with Gasteiger partial charge in [0.05, 0.1) is 5.71 Å². The number of carbonyl (C=O) groups excluding carboxylic acids is 1. The summed E-state index contributed by atoms with van der Waals surface area (Å²) in [6, 6.07) is 15.0. The topological polar surface area (TPSA) is 82.1 Å². The first-order valence-electron chi connectivity index (χ1n) is 11.6. The van der Waals surface area contributed by atoms with E-state index in [0.29, 0.717) is 35.0 Å². The van der Waals surface area contributed by atoms with E-state index in [4.69, 9.17) is 0 Å². The third-order valence-electron chi connectivity index (χ3n) is 6.62. The number of para-hydroxylation sites is 1. The second-order valence-corrected chi connectivity index (χ2v) is 11.3. The molecule has 2 aromatic carbocycles. The van der Waals surface area contributed by atoms with Crippen LogP contribution >= 0.6 is 11.9 Å². The van der Waals surface area contributed by atoms with E-state index in [2.05, 4.69) is 33.1 Å². The predicted molar refractivity (Wildman–Crippen MR) is 139 cm³/mol. The van der Waals surface area contributed by atoms with Gasteiger partial charge in [-0.2, -0.15) is 0 Å². The zero-order valence-electron chi connectivity index (χ0n) is 19.1. The van der Waals surface area contributed by atoms with Crippen LogP contribution < -0.4 is 9.62 Å². The molecular formula is C25H28N4O3S2. The molecule has 3 aliphatic rings. The minimum atomic E-state index is -3.71. The number of aryl methyl sites for hydroxylation is 1. The Hall–Kier alpha value is -2.78. The van der Waals surface area contributed by atoms with Gasteiger partial charge in [0.15, 0.2) is 0 Å². The van der Waals surface area contributed by atoms with E-state index in [1.54, 1.807) is 30.3 Å². The molecule has 1 fully saturated rings. The van der Waals surface area contributed by atoms with Crippen molar-refractivity contribution in [3.63, 3.8) is 0 Å². The van der Waals surface area contributed by atoms with E-state index in [0.717, 1.165) is 31.7 Å². The highest BCUT2D eigenvalue weighted by molar-refractivity contribution is 7.99. The number of anilines is 2. The van der Waals surface area contributed by atoms with Gasteiger partial charge < -0.3 is 9.80 Å². The van der Waals surface area contributed by atoms with Gasteiger partial charge in [-0.25, -0.2) is 12.8 Å². The number of rotatable bonds is 5. The molecule has 178 valence electrons. The Morgan fingerprint density at radius 2 is 1.79 bits per heavy atom. The van der Waals surface area contributed by atoms with Crippen molar-refractivity contribution >= 4 is 45.0 Å². The fraction of sp³-hybridized carbons (Fsp3) is 0.360. The summed E-state index contributed by atoms with van der Waals surface area (Å²) in [5, 5.41) is 0. The Kier molecular flexibility index (Phi) is 6.40. The number of nitrogens with zero attached hydrogens (tertiary/aromatic N) is 3. The van der Waals surface area contributed by atoms with Gasteiger partial charge in [0.25, 0.3) is 15.9 Å². The molecule has 1 N–H and O–H groups in total. The van der Waals surface area contributed by atoms with Crippen molar-refractivity contribution in [2.75, 3.05) is 41.6 Å². The van der Waals surface area contributed by atoms with Crippen LogP contribution in [0.5, 0.6) is 0 Å². The lowest BCUT2D eigenvalue weighted by molar-refractivity contribution is 0.0747. The van der Waals surface area contributed by atoms with Gasteiger partial charge in [-0.05, 0) is 67.6 Å². The van der Waals surface area contributed by atoms with Crippen molar-refractivity contribution in [3.8, 4) is 0 Å². The molecule has 0 bridgehead atoms. The maximum absolute atomic E-state index is 13.0. The number of sulfonamides is 1. The normalized spacial score (nSPS) is 20.4. The summed E-state index contributed by atoms with van der Waals surface area (Å²) >= 11 is 1.43. The van der Waals surface area contributed by atoms with Crippen LogP contribution in [0.3, 0.4) is 0 Å². The molecule has 1 atom stereocenters. The lowest BCUT2D eigenvalue weighted by atomic mass is 9.94. The van der Waals surface area contributed by atoms with Crippen molar-refractivity contribution in [2.45, 2.75) is 19.8 Å². The minimum absolute atomic E-state index is 0.0333. The van der Waals surface area contributed by atoms with Crippen LogP contribution in [0, 0.1) is 12.8 Å². The lowest BCUT2D eigenvalue weighted by Crippen LogP contribution is -2.49. The first-order chi connectivity index (χ1) is 16.4. The number of amides is 1. The second-order valence-electron chi connectivity index (χ2n) is 8.86. The summed E-state index contributed by atoms with van der Waals surface area (Å²) in [6.07, 6.45) is 3.45. The first-order valence-corrected chi connectivity index (χ1v) is 14.0. The molecule has 0 radical (unpaired) electrons. The number of carbonyl (C=O) groups is 1. The molecule has 1 amide bonds. The monoisotopic (exact) mass is 496 g/mol. The molecule has 0 unspecified atom stereocenters. The Morgan fingerprint density at radius 3 is 2.53 bits per heavy atom. The van der Waals surface area contributed by atoms with E-state index in [-0.39, 0.29) is 11.8 Å². The number of nitrogens with one attached hydrogen (secondary N) is 1. The van der Waals surface area contributed by atoms with Crippen molar-refractivity contribution in [1.29, 1.82) is 0 Å². The van der Waals surface area contributed by atoms with Crippen molar-refractivity contribution in [3.05, 3.63) is 70.6 Å². The number of benzene rings is 2. The highest BCUT2D eigenvalue weighted by Crippen LogP contribution is 2.35. The smallest absolute Gasteiger partial charge is 0.263 e. The Labute approximate surface area is 205 Å². The SMILES string of the molecule is Cc1ccccc1N1CCN(C(=O)c2ccc(NS(=O)(=O)C3=CCC[C@@H]4CSN=C34)cc2)CC1. The molecule has 7 nitrogen and oxygen atoms in total. The van der Waals surface area contributed by atoms with Crippen LogP contribution in [0.2, 0.25) is 0 Å². The third kappa shape index (κ3) is 4.59. The van der Waals surface area contributed by atoms with Crippen LogP contribution in [0.1, 0.15) is 28.8 Å². The van der Waals surface area contributed by atoms with E-state index < -0.39 is 10.0 Å². The quantitative estimate of drug-likeness (QED) is 0.631. The summed E-state index contributed by atoms with van der Waals surface area (Å²) in [7, 11) is -3.71. The van der Waals surface area contributed by atoms with E-state index in [9.17, 15) is 13.2 Å². The maximum Gasteiger partial charge on any atom is 0.263 e. The highest BCUT2D eigenvalue weighted by atomic mass is 32.2. The molecule has 2 aliphatic heterocycles. The summed E-state index contributed by atoms with van der Waals surface area (Å²) in [4.78, 5) is 17.5. The van der Waals surface area contributed by atoms with E-state index in [1.165, 1.54) is 23.2 Å². The van der Waals surface area contributed by atoms with Gasteiger partial charge in [0.1, 0.15) is 4.91 Å². The van der Waals surface area contributed by atoms with Crippen LogP contribution in [0.25, 0.3) is 0 Å². The van der Waals surface area contributed by atoms with Crippen LogP contribution in [0.15, 0.2) is 63.9 Å². The van der Waals surface area contributed by atoms with Gasteiger partial charge in [0, 0.05) is 54.8 Å². The standard InChI is InChI=1S/C25H28N4O3S2/c1-18-5-2-3-7-22(18)28-13-15-29(16-14-28)25(30)19-9-11-21(12-10-19)27-34(31,32)23-8-4-6-20-17-33-26-24(20)23/h2-3,5,7-12,20,27H,4,6,13-17H2,1H3/t20-/m1/s1. The van der Waals surface area contributed by atoms with Crippen LogP contribution in [-0.2, 0) is 10.0 Å². The Bertz CT molecular complexity index is 1250. The number of hydrogen-bond acceptors (Lipinski definition) is 6. The van der Waals surface area contributed by atoms with Gasteiger partial charge in [-0.1, -0.05) is 24.3 Å². The molecule has 5 rings (SSSR count). The fourth-order valence-electron chi connectivity index (χ4n) is 4.73. The highest BCUT2D eigenvalue weighted by Gasteiger charge is 2.34. The van der Waals surface area contributed by atoms with E-state index in [1.807, 2.05) is 17.0 Å². The summed E-state index contributed by atoms with van der Waals surface area (Å²) in [6.45, 7) is 4.97. The number of allylic oxidation sites excluding steroid dienone is 2. The maximum atomic E-state index is 13.0. The van der Waals surface area contributed by atoms with Gasteiger partial charge in [-0.3, -0.25) is 9.52 Å². The zero-order chi connectivity index (χ0) is 23.7. The molecule has 2 aromatic rings. The number of fused-ring (bicyclic) bond motifs is 1. The van der Waals surface area contributed by atoms with Crippen molar-refractivity contribution in [2.24, 2.45) is 10.3 Å². The van der Waals surface area contributed by atoms with Gasteiger partial charge >= 0.3 is 0 Å². The summed E-state index contributed by atoms with van der Waals surface area (Å²) in [5.41, 5.74) is 4.13. The van der Waals surface area contributed by atoms with Crippen LogP contribution in [-0.4, -0.2) is 56.9 Å². The largest absolute Gasteiger partial charge is 0.368 e. The van der Waals surface area contributed by atoms with Gasteiger partial charge in [0.2, 0.25) is 0 Å². The van der Waals surface area contributed by atoms with Crippen molar-refractivity contribution in [1.82, 2.24) is 4.90 Å². The average Bonchev–Trinajstić information content (AvgIpc) is 3.33. The molecule has 0 spiro atoms. The summed E-state index contributed by atoms with van der Waals surface area (Å²) < 4.78 is 33.0. The molecule has 0 aromatic heterocycles. The molecule has 1 saturated heterocycles. The predicted octanol–water partition coefficient (Wildman–Crippen LogP) is 4.10. The molecule has 0 saturated carbocycles. The van der Waals surface area contributed by atoms with Crippen molar-refractivity contribution < 1.29 is 13.2 Å². The van der Waals surface area contributed by atoms with E-state index >= 15 is 0 Å².